The summed E-state index contributed by atoms with van der Waals surface area (Å²) in [4.78, 5) is 4.55. The monoisotopic (exact) mass is 322 g/mol. The van der Waals surface area contributed by atoms with Gasteiger partial charge < -0.3 is 11.1 Å². The molecule has 1 aliphatic rings. The molecule has 21 heavy (non-hydrogen) atoms. The van der Waals surface area contributed by atoms with Crippen LogP contribution in [0.15, 0.2) is 5.38 Å². The zero-order valence-electron chi connectivity index (χ0n) is 12.6. The number of anilines is 2. The molecule has 1 saturated carbocycles. The fraction of sp³-hybridized carbons (Fsp3) is 0.600. The molecule has 2 aromatic rings. The molecule has 0 spiro atoms. The van der Waals surface area contributed by atoms with Crippen LogP contribution in [-0.2, 0) is 0 Å². The second kappa shape index (κ2) is 6.32. The molecule has 6 heteroatoms. The molecule has 0 aliphatic heterocycles. The lowest BCUT2D eigenvalue weighted by Gasteiger charge is -2.28. The van der Waals surface area contributed by atoms with Crippen LogP contribution in [-0.4, -0.2) is 15.9 Å². The molecule has 0 radical (unpaired) electrons. The molecule has 4 nitrogen and oxygen atoms in total. The highest BCUT2D eigenvalue weighted by molar-refractivity contribution is 7.15. The maximum Gasteiger partial charge on any atom is 0.149 e. The van der Waals surface area contributed by atoms with Crippen LogP contribution >= 0.6 is 22.9 Å². The highest BCUT2D eigenvalue weighted by Crippen LogP contribution is 2.39. The molecule has 2 atom stereocenters. The van der Waals surface area contributed by atoms with Gasteiger partial charge in [-0.3, -0.25) is 0 Å². The lowest BCUT2D eigenvalue weighted by molar-refractivity contribution is 0.269. The average molecular weight is 323 g/mol. The third kappa shape index (κ3) is 3.21. The molecule has 3 N–H and O–H groups in total. The number of aryl methyl sites for hydroxylation is 1. The Kier molecular flexibility index (Phi) is 4.45. The highest BCUT2D eigenvalue weighted by atomic mass is 32.1. The SMILES string of the molecule is Cc1csc(-c2c(N)nsc2NCC2CCCCC2C)n1. The summed E-state index contributed by atoms with van der Waals surface area (Å²) in [7, 11) is 0. The molecule has 0 bridgehead atoms. The van der Waals surface area contributed by atoms with Gasteiger partial charge in [0, 0.05) is 17.6 Å². The fourth-order valence-electron chi connectivity index (χ4n) is 3.02. The summed E-state index contributed by atoms with van der Waals surface area (Å²) in [6.45, 7) is 5.39. The van der Waals surface area contributed by atoms with E-state index < -0.39 is 0 Å². The molecular weight excluding hydrogens is 300 g/mol. The minimum Gasteiger partial charge on any atom is -0.382 e. The fourth-order valence-corrected chi connectivity index (χ4v) is 4.66. The van der Waals surface area contributed by atoms with E-state index in [1.165, 1.54) is 37.2 Å². The van der Waals surface area contributed by atoms with E-state index in [-0.39, 0.29) is 0 Å². The predicted molar refractivity (Wildman–Crippen MR) is 92.0 cm³/mol. The second-order valence-corrected chi connectivity index (χ2v) is 7.60. The molecule has 1 aliphatic carbocycles. The number of hydrogen-bond donors (Lipinski definition) is 2. The van der Waals surface area contributed by atoms with E-state index in [4.69, 9.17) is 5.73 Å². The first-order valence-corrected chi connectivity index (χ1v) is 9.22. The number of hydrogen-bond acceptors (Lipinski definition) is 6. The maximum absolute atomic E-state index is 6.04. The van der Waals surface area contributed by atoms with Crippen LogP contribution in [0.1, 0.15) is 38.3 Å². The van der Waals surface area contributed by atoms with Crippen LogP contribution in [0, 0.1) is 18.8 Å². The Morgan fingerprint density at radius 3 is 2.90 bits per heavy atom. The van der Waals surface area contributed by atoms with Gasteiger partial charge in [0.05, 0.1) is 5.56 Å². The van der Waals surface area contributed by atoms with Gasteiger partial charge in [0.1, 0.15) is 15.8 Å². The number of nitrogen functional groups attached to an aromatic ring is 1. The summed E-state index contributed by atoms with van der Waals surface area (Å²) in [6, 6.07) is 0. The van der Waals surface area contributed by atoms with Crippen LogP contribution in [0.2, 0.25) is 0 Å². The zero-order chi connectivity index (χ0) is 14.8. The van der Waals surface area contributed by atoms with Crippen molar-refractivity contribution in [2.45, 2.75) is 39.5 Å². The third-order valence-electron chi connectivity index (χ3n) is 4.37. The molecule has 0 aromatic carbocycles. The molecule has 2 unspecified atom stereocenters. The average Bonchev–Trinajstić information content (AvgIpc) is 3.04. The van der Waals surface area contributed by atoms with E-state index in [1.807, 2.05) is 6.92 Å². The summed E-state index contributed by atoms with van der Waals surface area (Å²) < 4.78 is 4.31. The van der Waals surface area contributed by atoms with Crippen LogP contribution in [0.4, 0.5) is 10.8 Å². The molecule has 0 saturated heterocycles. The zero-order valence-corrected chi connectivity index (χ0v) is 14.2. The summed E-state index contributed by atoms with van der Waals surface area (Å²) in [5.41, 5.74) is 8.07. The van der Waals surface area contributed by atoms with E-state index in [1.54, 1.807) is 11.3 Å². The smallest absolute Gasteiger partial charge is 0.149 e. The first kappa shape index (κ1) is 14.8. The van der Waals surface area contributed by atoms with E-state index in [9.17, 15) is 0 Å². The van der Waals surface area contributed by atoms with Crippen molar-refractivity contribution >= 4 is 33.7 Å². The van der Waals surface area contributed by atoms with Gasteiger partial charge in [-0.25, -0.2) is 4.98 Å². The van der Waals surface area contributed by atoms with Crippen LogP contribution in [0.5, 0.6) is 0 Å². The second-order valence-electron chi connectivity index (χ2n) is 5.97. The molecule has 3 rings (SSSR count). The van der Waals surface area contributed by atoms with Crippen molar-refractivity contribution in [3.8, 4) is 10.6 Å². The van der Waals surface area contributed by atoms with Gasteiger partial charge in [-0.05, 0) is 36.7 Å². The molecular formula is C15H22N4S2. The number of nitrogens with zero attached hydrogens (tertiary/aromatic N) is 2. The van der Waals surface area contributed by atoms with Gasteiger partial charge in [0.25, 0.3) is 0 Å². The Morgan fingerprint density at radius 1 is 1.38 bits per heavy atom. The molecule has 2 aromatic heterocycles. The first-order valence-electron chi connectivity index (χ1n) is 7.56. The molecule has 0 amide bonds. The Labute approximate surface area is 134 Å². The van der Waals surface area contributed by atoms with Crippen molar-refractivity contribution in [1.29, 1.82) is 0 Å². The van der Waals surface area contributed by atoms with Crippen molar-refractivity contribution < 1.29 is 0 Å². The Balaban J connectivity index is 1.74. The van der Waals surface area contributed by atoms with Gasteiger partial charge in [-0.1, -0.05) is 26.2 Å². The normalized spacial score (nSPS) is 22.4. The lowest BCUT2D eigenvalue weighted by atomic mass is 9.80. The highest BCUT2D eigenvalue weighted by Gasteiger charge is 2.23. The van der Waals surface area contributed by atoms with Gasteiger partial charge in [-0.2, -0.15) is 4.37 Å². The van der Waals surface area contributed by atoms with E-state index >= 15 is 0 Å². The predicted octanol–water partition coefficient (Wildman–Crippen LogP) is 4.40. The van der Waals surface area contributed by atoms with Gasteiger partial charge in [0.2, 0.25) is 0 Å². The Morgan fingerprint density at radius 2 is 2.19 bits per heavy atom. The lowest BCUT2D eigenvalue weighted by Crippen LogP contribution is -2.24. The van der Waals surface area contributed by atoms with Crippen LogP contribution < -0.4 is 11.1 Å². The van der Waals surface area contributed by atoms with Crippen LogP contribution in [0.25, 0.3) is 10.6 Å². The first-order chi connectivity index (χ1) is 10.1. The topological polar surface area (TPSA) is 63.8 Å². The summed E-state index contributed by atoms with van der Waals surface area (Å²) in [5, 5.41) is 7.68. The van der Waals surface area contributed by atoms with Crippen molar-refractivity contribution in [3.63, 3.8) is 0 Å². The molecule has 1 fully saturated rings. The van der Waals surface area contributed by atoms with E-state index in [0.29, 0.717) is 5.82 Å². The van der Waals surface area contributed by atoms with Crippen molar-refractivity contribution in [2.75, 3.05) is 17.6 Å². The number of nitrogens with two attached hydrogens (primary N) is 1. The van der Waals surface area contributed by atoms with Gasteiger partial charge >= 0.3 is 0 Å². The van der Waals surface area contributed by atoms with E-state index in [0.717, 1.165) is 39.6 Å². The summed E-state index contributed by atoms with van der Waals surface area (Å²) >= 11 is 3.08. The molecule has 114 valence electrons. The minimum atomic E-state index is 0.591. The summed E-state index contributed by atoms with van der Waals surface area (Å²) in [5.74, 6) is 2.16. The van der Waals surface area contributed by atoms with Crippen LogP contribution in [0.3, 0.4) is 0 Å². The molecule has 2 heterocycles. The number of nitrogens with one attached hydrogen (secondary N) is 1. The third-order valence-corrected chi connectivity index (χ3v) is 6.16. The maximum atomic E-state index is 6.04. The number of rotatable bonds is 4. The standard InChI is InChI=1S/C15H22N4S2/c1-9-5-3-4-6-11(9)7-17-14-12(13(16)19-21-14)15-18-10(2)8-20-15/h8-9,11,17H,3-7H2,1-2H3,(H2,16,19). The van der Waals surface area contributed by atoms with Crippen molar-refractivity contribution in [3.05, 3.63) is 11.1 Å². The number of aromatic nitrogens is 2. The van der Waals surface area contributed by atoms with Gasteiger partial charge in [-0.15, -0.1) is 11.3 Å². The minimum absolute atomic E-state index is 0.591. The Bertz CT molecular complexity index is 605. The van der Waals surface area contributed by atoms with E-state index in [2.05, 4.69) is 27.0 Å². The number of thiazole rings is 1. The quantitative estimate of drug-likeness (QED) is 0.876. The largest absolute Gasteiger partial charge is 0.382 e. The van der Waals surface area contributed by atoms with Gasteiger partial charge in [0.15, 0.2) is 0 Å². The Hall–Kier alpha value is -1.14. The van der Waals surface area contributed by atoms with Crippen molar-refractivity contribution in [2.24, 2.45) is 11.8 Å². The van der Waals surface area contributed by atoms with Crippen molar-refractivity contribution in [1.82, 2.24) is 9.36 Å². The summed E-state index contributed by atoms with van der Waals surface area (Å²) in [6.07, 6.45) is 5.43.